The highest BCUT2D eigenvalue weighted by atomic mass is 16.3. The third kappa shape index (κ3) is 2.65. The number of hydrogen-bond donors (Lipinski definition) is 2. The zero-order chi connectivity index (χ0) is 15.8. The first kappa shape index (κ1) is 14.1. The average molecular weight is 308 g/mol. The van der Waals surface area contributed by atoms with E-state index in [1.165, 1.54) is 27.7 Å². The summed E-state index contributed by atoms with van der Waals surface area (Å²) in [5, 5.41) is 4.26. The number of carbonyl (C=O) groups excluding carboxylic acids is 1. The van der Waals surface area contributed by atoms with Crippen molar-refractivity contribution in [2.24, 2.45) is 5.92 Å². The van der Waals surface area contributed by atoms with E-state index in [0.29, 0.717) is 6.54 Å². The number of aromatic amines is 1. The van der Waals surface area contributed by atoms with Crippen molar-refractivity contribution in [3.05, 3.63) is 59.2 Å². The molecule has 2 heterocycles. The lowest BCUT2D eigenvalue weighted by molar-refractivity contribution is -0.125. The van der Waals surface area contributed by atoms with E-state index < -0.39 is 0 Å². The Balaban J connectivity index is 1.52. The molecule has 0 fully saturated rings. The first-order chi connectivity index (χ1) is 11.2. The Bertz CT molecular complexity index is 846. The van der Waals surface area contributed by atoms with Crippen LogP contribution in [0, 0.1) is 12.8 Å². The summed E-state index contributed by atoms with van der Waals surface area (Å²) in [6.45, 7) is 2.57. The van der Waals surface area contributed by atoms with Gasteiger partial charge in [0.25, 0.3) is 0 Å². The zero-order valence-electron chi connectivity index (χ0n) is 13.2. The van der Waals surface area contributed by atoms with Crippen LogP contribution in [0.25, 0.3) is 10.9 Å². The molecule has 2 N–H and O–H groups in total. The molecule has 1 aliphatic rings. The minimum atomic E-state index is 0.0389. The van der Waals surface area contributed by atoms with Crippen LogP contribution in [0.15, 0.2) is 41.0 Å². The molecule has 0 saturated carbocycles. The molecule has 0 aliphatic heterocycles. The van der Waals surface area contributed by atoms with Gasteiger partial charge >= 0.3 is 0 Å². The van der Waals surface area contributed by atoms with Crippen molar-refractivity contribution in [2.75, 3.05) is 0 Å². The summed E-state index contributed by atoms with van der Waals surface area (Å²) >= 11 is 0. The summed E-state index contributed by atoms with van der Waals surface area (Å²) in [6, 6.07) is 10.2. The van der Waals surface area contributed by atoms with Crippen molar-refractivity contribution in [1.29, 1.82) is 0 Å². The molecule has 23 heavy (non-hydrogen) atoms. The molecule has 3 aromatic rings. The minimum Gasteiger partial charge on any atom is -0.467 e. The summed E-state index contributed by atoms with van der Waals surface area (Å²) in [5.74, 6) is 0.948. The Kier molecular flexibility index (Phi) is 3.45. The van der Waals surface area contributed by atoms with Crippen LogP contribution < -0.4 is 5.32 Å². The summed E-state index contributed by atoms with van der Waals surface area (Å²) < 4.78 is 5.27. The van der Waals surface area contributed by atoms with Crippen molar-refractivity contribution in [3.8, 4) is 0 Å². The first-order valence-electron chi connectivity index (χ1n) is 8.11. The second-order valence-corrected chi connectivity index (χ2v) is 6.37. The number of nitrogens with one attached hydrogen (secondary N) is 2. The molecule has 1 atom stereocenters. The molecule has 0 radical (unpaired) electrons. The van der Waals surface area contributed by atoms with Gasteiger partial charge in [0.15, 0.2) is 0 Å². The maximum Gasteiger partial charge on any atom is 0.223 e. The van der Waals surface area contributed by atoms with Crippen molar-refractivity contribution in [2.45, 2.75) is 32.7 Å². The van der Waals surface area contributed by atoms with E-state index in [-0.39, 0.29) is 11.8 Å². The molecule has 118 valence electrons. The van der Waals surface area contributed by atoms with Crippen molar-refractivity contribution >= 4 is 16.8 Å². The van der Waals surface area contributed by atoms with Crippen molar-refractivity contribution in [1.82, 2.24) is 10.3 Å². The number of H-pyrrole nitrogens is 1. The molecule has 1 unspecified atom stereocenters. The Morgan fingerprint density at radius 3 is 3.13 bits per heavy atom. The molecule has 1 aromatic carbocycles. The molecule has 0 bridgehead atoms. The topological polar surface area (TPSA) is 58.0 Å². The number of aromatic nitrogens is 1. The van der Waals surface area contributed by atoms with Gasteiger partial charge in [-0.25, -0.2) is 0 Å². The van der Waals surface area contributed by atoms with E-state index in [4.69, 9.17) is 4.42 Å². The Hall–Kier alpha value is -2.49. The van der Waals surface area contributed by atoms with Crippen LogP contribution in [0.3, 0.4) is 0 Å². The van der Waals surface area contributed by atoms with Crippen LogP contribution in [0.4, 0.5) is 0 Å². The van der Waals surface area contributed by atoms with Crippen LogP contribution in [0.2, 0.25) is 0 Å². The van der Waals surface area contributed by atoms with Gasteiger partial charge < -0.3 is 14.7 Å². The monoisotopic (exact) mass is 308 g/mol. The number of aryl methyl sites for hydroxylation is 2. The van der Waals surface area contributed by atoms with Crippen LogP contribution in [0.1, 0.15) is 29.0 Å². The molecule has 0 saturated heterocycles. The summed E-state index contributed by atoms with van der Waals surface area (Å²) in [6.07, 6.45) is 4.26. The third-order valence-corrected chi connectivity index (χ3v) is 4.73. The fourth-order valence-electron chi connectivity index (χ4n) is 3.49. The molecular formula is C19H20N2O2. The van der Waals surface area contributed by atoms with Gasteiger partial charge in [-0.1, -0.05) is 11.6 Å². The van der Waals surface area contributed by atoms with E-state index >= 15 is 0 Å². The van der Waals surface area contributed by atoms with Gasteiger partial charge in [0.05, 0.1) is 12.8 Å². The SMILES string of the molecule is Cc1ccc2[nH]c3c(c2c1)CC(C(=O)NCc1ccco1)CC3. The molecule has 0 spiro atoms. The van der Waals surface area contributed by atoms with E-state index in [1.54, 1.807) is 6.26 Å². The van der Waals surface area contributed by atoms with Crippen LogP contribution >= 0.6 is 0 Å². The largest absolute Gasteiger partial charge is 0.467 e. The number of carbonyl (C=O) groups is 1. The number of rotatable bonds is 3. The highest BCUT2D eigenvalue weighted by molar-refractivity contribution is 5.87. The standard InChI is InChI=1S/C19H20N2O2/c1-12-4-6-17-15(9-12)16-10-13(5-7-18(16)21-17)19(22)20-11-14-3-2-8-23-14/h2-4,6,8-9,13,21H,5,7,10-11H2,1H3,(H,20,22). The highest BCUT2D eigenvalue weighted by Crippen LogP contribution is 2.32. The Morgan fingerprint density at radius 1 is 1.39 bits per heavy atom. The predicted molar refractivity (Wildman–Crippen MR) is 89.1 cm³/mol. The molecular weight excluding hydrogens is 288 g/mol. The van der Waals surface area contributed by atoms with Gasteiger partial charge in [0, 0.05) is 22.5 Å². The Morgan fingerprint density at radius 2 is 2.30 bits per heavy atom. The highest BCUT2D eigenvalue weighted by Gasteiger charge is 2.27. The molecule has 4 rings (SSSR count). The van der Waals surface area contributed by atoms with Gasteiger partial charge in [0.1, 0.15) is 5.76 Å². The lowest BCUT2D eigenvalue weighted by atomic mass is 9.85. The second-order valence-electron chi connectivity index (χ2n) is 6.37. The van der Waals surface area contributed by atoms with Crippen molar-refractivity contribution < 1.29 is 9.21 Å². The van der Waals surface area contributed by atoms with Crippen molar-refractivity contribution in [3.63, 3.8) is 0 Å². The fourth-order valence-corrected chi connectivity index (χ4v) is 3.49. The molecule has 4 nitrogen and oxygen atoms in total. The van der Waals surface area contributed by atoms with E-state index in [1.807, 2.05) is 12.1 Å². The predicted octanol–water partition coefficient (Wildman–Crippen LogP) is 3.49. The molecule has 2 aromatic heterocycles. The number of hydrogen-bond acceptors (Lipinski definition) is 2. The summed E-state index contributed by atoms with van der Waals surface area (Å²) in [5.41, 5.74) is 5.04. The fraction of sp³-hybridized carbons (Fsp3) is 0.316. The third-order valence-electron chi connectivity index (χ3n) is 4.73. The number of amides is 1. The van der Waals surface area contributed by atoms with Gasteiger partial charge in [-0.15, -0.1) is 0 Å². The first-order valence-corrected chi connectivity index (χ1v) is 8.11. The van der Waals surface area contributed by atoms with Gasteiger partial charge in [-0.3, -0.25) is 4.79 Å². The van der Waals surface area contributed by atoms with Crippen LogP contribution in [-0.2, 0) is 24.2 Å². The Labute approximate surface area is 134 Å². The maximum absolute atomic E-state index is 12.5. The van der Waals surface area contributed by atoms with E-state index in [2.05, 4.69) is 35.4 Å². The summed E-state index contributed by atoms with van der Waals surface area (Å²) in [7, 11) is 0. The number of benzene rings is 1. The quantitative estimate of drug-likeness (QED) is 0.778. The van der Waals surface area contributed by atoms with Gasteiger partial charge in [0.2, 0.25) is 5.91 Å². The lowest BCUT2D eigenvalue weighted by Gasteiger charge is -2.21. The average Bonchev–Trinajstić information content (AvgIpc) is 3.19. The maximum atomic E-state index is 12.5. The number of furan rings is 1. The van der Waals surface area contributed by atoms with Gasteiger partial charge in [-0.05, 0) is 56.0 Å². The van der Waals surface area contributed by atoms with Crippen LogP contribution in [0.5, 0.6) is 0 Å². The summed E-state index contributed by atoms with van der Waals surface area (Å²) in [4.78, 5) is 16.0. The number of fused-ring (bicyclic) bond motifs is 3. The molecule has 4 heteroatoms. The smallest absolute Gasteiger partial charge is 0.223 e. The zero-order valence-corrected chi connectivity index (χ0v) is 13.2. The van der Waals surface area contributed by atoms with E-state index in [0.717, 1.165) is 25.0 Å². The van der Waals surface area contributed by atoms with Gasteiger partial charge in [-0.2, -0.15) is 0 Å². The second kappa shape index (κ2) is 5.61. The normalized spacial score (nSPS) is 17.2. The minimum absolute atomic E-state index is 0.0389. The molecule has 1 amide bonds. The molecule has 1 aliphatic carbocycles. The lowest BCUT2D eigenvalue weighted by Crippen LogP contribution is -2.33. The van der Waals surface area contributed by atoms with Crippen LogP contribution in [-0.4, -0.2) is 10.9 Å². The van der Waals surface area contributed by atoms with E-state index in [9.17, 15) is 4.79 Å².